The Hall–Kier alpha value is -0.840. The molecular weight excluding hydrogens is 252 g/mol. The van der Waals surface area contributed by atoms with Crippen molar-refractivity contribution < 1.29 is 9.15 Å². The molecule has 0 spiro atoms. The summed E-state index contributed by atoms with van der Waals surface area (Å²) in [6.07, 6.45) is 5.30. The predicted octanol–water partition coefficient (Wildman–Crippen LogP) is 2.78. The molecule has 2 rings (SSSR count). The van der Waals surface area contributed by atoms with Gasteiger partial charge in [-0.25, -0.2) is 0 Å². The first-order chi connectivity index (χ1) is 9.67. The number of hydrogen-bond donors (Lipinski definition) is 1. The SMILES string of the molecule is CCCNCc1occc1CN1CCCC(C)(OC)C1. The molecule has 1 aromatic heterocycles. The van der Waals surface area contributed by atoms with E-state index >= 15 is 0 Å². The second-order valence-corrected chi connectivity index (χ2v) is 6.01. The van der Waals surface area contributed by atoms with Crippen molar-refractivity contribution in [1.29, 1.82) is 0 Å². The Morgan fingerprint density at radius 3 is 3.10 bits per heavy atom. The molecule has 1 atom stereocenters. The maximum Gasteiger partial charge on any atom is 0.122 e. The van der Waals surface area contributed by atoms with Crippen LogP contribution in [-0.2, 0) is 17.8 Å². The molecule has 0 saturated carbocycles. The Kier molecular flexibility index (Phi) is 5.64. The zero-order chi connectivity index (χ0) is 14.4. The van der Waals surface area contributed by atoms with Gasteiger partial charge in [0.25, 0.3) is 0 Å². The zero-order valence-corrected chi connectivity index (χ0v) is 13.1. The highest BCUT2D eigenvalue weighted by Gasteiger charge is 2.30. The molecule has 1 unspecified atom stereocenters. The third-order valence-electron chi connectivity index (χ3n) is 4.17. The highest BCUT2D eigenvalue weighted by molar-refractivity contribution is 5.17. The topological polar surface area (TPSA) is 37.6 Å². The van der Waals surface area contributed by atoms with E-state index in [4.69, 9.17) is 9.15 Å². The van der Waals surface area contributed by atoms with Gasteiger partial charge in [0.2, 0.25) is 0 Å². The fourth-order valence-corrected chi connectivity index (χ4v) is 2.89. The molecule has 4 heteroatoms. The van der Waals surface area contributed by atoms with Crippen molar-refractivity contribution in [2.75, 3.05) is 26.7 Å². The van der Waals surface area contributed by atoms with Gasteiger partial charge in [-0.1, -0.05) is 6.92 Å². The van der Waals surface area contributed by atoms with Crippen LogP contribution < -0.4 is 5.32 Å². The van der Waals surface area contributed by atoms with Gasteiger partial charge in [-0.15, -0.1) is 0 Å². The van der Waals surface area contributed by atoms with E-state index in [1.54, 1.807) is 6.26 Å². The van der Waals surface area contributed by atoms with Crippen LogP contribution in [0.5, 0.6) is 0 Å². The van der Waals surface area contributed by atoms with Gasteiger partial charge in [0.15, 0.2) is 0 Å². The first-order valence-corrected chi connectivity index (χ1v) is 7.70. The molecule has 2 heterocycles. The maximum absolute atomic E-state index is 5.66. The molecule has 1 aliphatic rings. The Morgan fingerprint density at radius 1 is 1.50 bits per heavy atom. The Morgan fingerprint density at radius 2 is 2.35 bits per heavy atom. The van der Waals surface area contributed by atoms with Crippen LogP contribution in [0.4, 0.5) is 0 Å². The zero-order valence-electron chi connectivity index (χ0n) is 13.1. The molecule has 1 saturated heterocycles. The molecule has 0 amide bonds. The molecular formula is C16H28N2O2. The van der Waals surface area contributed by atoms with Gasteiger partial charge in [-0.2, -0.15) is 0 Å². The van der Waals surface area contributed by atoms with E-state index in [1.165, 1.54) is 12.0 Å². The van der Waals surface area contributed by atoms with Gasteiger partial charge in [0, 0.05) is 25.8 Å². The van der Waals surface area contributed by atoms with E-state index in [0.29, 0.717) is 0 Å². The van der Waals surface area contributed by atoms with E-state index in [-0.39, 0.29) is 5.60 Å². The number of ether oxygens (including phenoxy) is 1. The van der Waals surface area contributed by atoms with Gasteiger partial charge < -0.3 is 14.5 Å². The lowest BCUT2D eigenvalue weighted by Crippen LogP contribution is -2.46. The van der Waals surface area contributed by atoms with Crippen LogP contribution in [0.15, 0.2) is 16.7 Å². The van der Waals surface area contributed by atoms with Crippen LogP contribution in [0, 0.1) is 0 Å². The number of furan rings is 1. The molecule has 0 aliphatic carbocycles. The van der Waals surface area contributed by atoms with Gasteiger partial charge in [-0.05, 0) is 45.3 Å². The smallest absolute Gasteiger partial charge is 0.122 e. The summed E-state index contributed by atoms with van der Waals surface area (Å²) in [6, 6.07) is 2.10. The third-order valence-corrected chi connectivity index (χ3v) is 4.17. The standard InChI is InChI=1S/C16H28N2O2/c1-4-8-17-11-15-14(6-10-20-15)12-18-9-5-7-16(2,13-18)19-3/h6,10,17H,4-5,7-9,11-13H2,1-3H3. The van der Waals surface area contributed by atoms with E-state index in [2.05, 4.69) is 30.1 Å². The highest BCUT2D eigenvalue weighted by atomic mass is 16.5. The second-order valence-electron chi connectivity index (χ2n) is 6.01. The molecule has 0 radical (unpaired) electrons. The van der Waals surface area contributed by atoms with Crippen LogP contribution in [-0.4, -0.2) is 37.2 Å². The van der Waals surface area contributed by atoms with Gasteiger partial charge in [0.1, 0.15) is 5.76 Å². The molecule has 0 bridgehead atoms. The van der Waals surface area contributed by atoms with E-state index in [1.807, 2.05) is 7.11 Å². The summed E-state index contributed by atoms with van der Waals surface area (Å²) >= 11 is 0. The monoisotopic (exact) mass is 280 g/mol. The Labute approximate surface area is 122 Å². The summed E-state index contributed by atoms with van der Waals surface area (Å²) in [4.78, 5) is 2.47. The Bertz CT molecular complexity index is 405. The second kappa shape index (κ2) is 7.25. The molecule has 0 aromatic carbocycles. The highest BCUT2D eigenvalue weighted by Crippen LogP contribution is 2.25. The van der Waals surface area contributed by atoms with Gasteiger partial charge >= 0.3 is 0 Å². The average molecular weight is 280 g/mol. The minimum atomic E-state index is 0.00259. The number of methoxy groups -OCH3 is 1. The van der Waals surface area contributed by atoms with Crippen molar-refractivity contribution in [2.24, 2.45) is 0 Å². The number of nitrogens with one attached hydrogen (secondary N) is 1. The maximum atomic E-state index is 5.66. The molecule has 1 aromatic rings. The first-order valence-electron chi connectivity index (χ1n) is 7.70. The molecule has 4 nitrogen and oxygen atoms in total. The molecule has 1 N–H and O–H groups in total. The summed E-state index contributed by atoms with van der Waals surface area (Å²) < 4.78 is 11.3. The van der Waals surface area contributed by atoms with Crippen LogP contribution in [0.25, 0.3) is 0 Å². The fraction of sp³-hybridized carbons (Fsp3) is 0.750. The van der Waals surface area contributed by atoms with Crippen LogP contribution >= 0.6 is 0 Å². The van der Waals surface area contributed by atoms with E-state index in [9.17, 15) is 0 Å². The molecule has 1 fully saturated rings. The number of likely N-dealkylation sites (tertiary alicyclic amines) is 1. The van der Waals surface area contributed by atoms with Crippen molar-refractivity contribution in [3.63, 3.8) is 0 Å². The molecule has 20 heavy (non-hydrogen) atoms. The minimum Gasteiger partial charge on any atom is -0.468 e. The van der Waals surface area contributed by atoms with E-state index in [0.717, 1.165) is 51.3 Å². The summed E-state index contributed by atoms with van der Waals surface area (Å²) in [5, 5.41) is 3.41. The summed E-state index contributed by atoms with van der Waals surface area (Å²) in [6.45, 7) is 9.34. The average Bonchev–Trinajstić information content (AvgIpc) is 2.87. The quantitative estimate of drug-likeness (QED) is 0.779. The van der Waals surface area contributed by atoms with E-state index < -0.39 is 0 Å². The summed E-state index contributed by atoms with van der Waals surface area (Å²) in [5.74, 6) is 1.07. The number of hydrogen-bond acceptors (Lipinski definition) is 4. The van der Waals surface area contributed by atoms with Gasteiger partial charge in [0.05, 0.1) is 18.4 Å². The lowest BCUT2D eigenvalue weighted by molar-refractivity contribution is -0.0528. The summed E-state index contributed by atoms with van der Waals surface area (Å²) in [7, 11) is 1.82. The minimum absolute atomic E-state index is 0.00259. The lowest BCUT2D eigenvalue weighted by Gasteiger charge is -2.39. The number of rotatable bonds is 7. The largest absolute Gasteiger partial charge is 0.468 e. The van der Waals surface area contributed by atoms with Crippen molar-refractivity contribution >= 4 is 0 Å². The summed E-state index contributed by atoms with van der Waals surface area (Å²) in [5.41, 5.74) is 1.30. The van der Waals surface area contributed by atoms with Gasteiger partial charge in [-0.3, -0.25) is 4.90 Å². The molecule has 114 valence electrons. The Balaban J connectivity index is 1.91. The van der Waals surface area contributed by atoms with Crippen LogP contribution in [0.3, 0.4) is 0 Å². The van der Waals surface area contributed by atoms with Crippen molar-refractivity contribution in [1.82, 2.24) is 10.2 Å². The van der Waals surface area contributed by atoms with Crippen molar-refractivity contribution in [3.05, 3.63) is 23.7 Å². The van der Waals surface area contributed by atoms with Crippen LogP contribution in [0.2, 0.25) is 0 Å². The molecule has 1 aliphatic heterocycles. The van der Waals surface area contributed by atoms with Crippen LogP contribution in [0.1, 0.15) is 44.4 Å². The third kappa shape index (κ3) is 4.08. The van der Waals surface area contributed by atoms with Crippen molar-refractivity contribution in [2.45, 2.75) is 51.8 Å². The van der Waals surface area contributed by atoms with Crippen molar-refractivity contribution in [3.8, 4) is 0 Å². The number of nitrogens with zero attached hydrogens (tertiary/aromatic N) is 1. The number of piperidine rings is 1. The normalized spacial score (nSPS) is 24.1. The fourth-order valence-electron chi connectivity index (χ4n) is 2.89. The predicted molar refractivity (Wildman–Crippen MR) is 80.6 cm³/mol. The first kappa shape index (κ1) is 15.5. The lowest BCUT2D eigenvalue weighted by atomic mass is 9.94.